The first-order valence-corrected chi connectivity index (χ1v) is 6.27. The number of likely N-dealkylation sites (N-methyl/N-ethyl adjacent to an activating group) is 1. The van der Waals surface area contributed by atoms with Gasteiger partial charge < -0.3 is 14.6 Å². The fraction of sp³-hybridized carbons (Fsp3) is 0.615. The summed E-state index contributed by atoms with van der Waals surface area (Å²) < 4.78 is 10.9. The highest BCUT2D eigenvalue weighted by Crippen LogP contribution is 2.27. The predicted octanol–water partition coefficient (Wildman–Crippen LogP) is 0.844. The molecule has 0 amide bonds. The maximum Gasteiger partial charge on any atom is 0.143 e. The lowest BCUT2D eigenvalue weighted by molar-refractivity contribution is -0.0905. The van der Waals surface area contributed by atoms with E-state index in [4.69, 9.17) is 9.47 Å². The van der Waals surface area contributed by atoms with E-state index in [0.29, 0.717) is 18.1 Å². The van der Waals surface area contributed by atoms with Crippen LogP contribution in [0, 0.1) is 0 Å². The summed E-state index contributed by atoms with van der Waals surface area (Å²) in [5.74, 6) is 0.599. The van der Waals surface area contributed by atoms with Gasteiger partial charge in [-0.3, -0.25) is 9.88 Å². The Morgan fingerprint density at radius 1 is 1.67 bits per heavy atom. The van der Waals surface area contributed by atoms with Gasteiger partial charge in [-0.05, 0) is 18.7 Å². The zero-order valence-electron chi connectivity index (χ0n) is 10.9. The SMILES string of the molecule is CCN1CCOC(C(O)c2ncccc2OC)C1. The van der Waals surface area contributed by atoms with E-state index in [1.807, 2.05) is 0 Å². The molecule has 0 aliphatic carbocycles. The van der Waals surface area contributed by atoms with Crippen molar-refractivity contribution in [2.75, 3.05) is 33.4 Å². The van der Waals surface area contributed by atoms with Crippen LogP contribution in [-0.4, -0.2) is 54.4 Å². The van der Waals surface area contributed by atoms with Gasteiger partial charge in [-0.1, -0.05) is 6.92 Å². The molecule has 1 aromatic rings. The highest BCUT2D eigenvalue weighted by molar-refractivity contribution is 5.29. The van der Waals surface area contributed by atoms with Gasteiger partial charge in [0.05, 0.1) is 13.7 Å². The van der Waals surface area contributed by atoms with Crippen molar-refractivity contribution in [2.24, 2.45) is 0 Å². The summed E-state index contributed by atoms with van der Waals surface area (Å²) in [5, 5.41) is 10.4. The first-order chi connectivity index (χ1) is 8.76. The van der Waals surface area contributed by atoms with Gasteiger partial charge in [-0.15, -0.1) is 0 Å². The molecule has 2 unspecified atom stereocenters. The van der Waals surface area contributed by atoms with Crippen LogP contribution in [-0.2, 0) is 4.74 Å². The van der Waals surface area contributed by atoms with E-state index in [1.54, 1.807) is 25.4 Å². The van der Waals surface area contributed by atoms with Crippen molar-refractivity contribution < 1.29 is 14.6 Å². The third-order valence-corrected chi connectivity index (χ3v) is 3.28. The summed E-state index contributed by atoms with van der Waals surface area (Å²) >= 11 is 0. The summed E-state index contributed by atoms with van der Waals surface area (Å²) in [6.07, 6.45) is 0.652. The van der Waals surface area contributed by atoms with Crippen LogP contribution >= 0.6 is 0 Å². The molecule has 0 aromatic carbocycles. The number of rotatable bonds is 4. The highest BCUT2D eigenvalue weighted by atomic mass is 16.5. The first-order valence-electron chi connectivity index (χ1n) is 6.27. The minimum absolute atomic E-state index is 0.248. The molecule has 1 aliphatic heterocycles. The Labute approximate surface area is 107 Å². The van der Waals surface area contributed by atoms with Gasteiger partial charge in [0, 0.05) is 19.3 Å². The normalized spacial score (nSPS) is 22.7. The van der Waals surface area contributed by atoms with E-state index in [0.717, 1.165) is 19.6 Å². The summed E-state index contributed by atoms with van der Waals surface area (Å²) in [6.45, 7) is 5.35. The van der Waals surface area contributed by atoms with Crippen LogP contribution in [0.4, 0.5) is 0 Å². The Morgan fingerprint density at radius 2 is 2.50 bits per heavy atom. The average molecular weight is 252 g/mol. The number of pyridine rings is 1. The Hall–Kier alpha value is -1.17. The highest BCUT2D eigenvalue weighted by Gasteiger charge is 2.29. The fourth-order valence-corrected chi connectivity index (χ4v) is 2.18. The number of aliphatic hydroxyl groups excluding tert-OH is 1. The molecule has 1 fully saturated rings. The van der Waals surface area contributed by atoms with E-state index in [2.05, 4.69) is 16.8 Å². The molecule has 1 saturated heterocycles. The monoisotopic (exact) mass is 252 g/mol. The van der Waals surface area contributed by atoms with Crippen LogP contribution in [0.3, 0.4) is 0 Å². The third-order valence-electron chi connectivity index (χ3n) is 3.28. The van der Waals surface area contributed by atoms with Crippen LogP contribution in [0.25, 0.3) is 0 Å². The molecule has 1 aromatic heterocycles. The average Bonchev–Trinajstić information content (AvgIpc) is 2.46. The van der Waals surface area contributed by atoms with E-state index in [9.17, 15) is 5.11 Å². The minimum Gasteiger partial charge on any atom is -0.495 e. The Balaban J connectivity index is 2.12. The van der Waals surface area contributed by atoms with Gasteiger partial charge in [0.1, 0.15) is 23.7 Å². The van der Waals surface area contributed by atoms with Crippen LogP contribution in [0.1, 0.15) is 18.7 Å². The molecular formula is C13H20N2O3. The summed E-state index contributed by atoms with van der Waals surface area (Å²) in [4.78, 5) is 6.46. The van der Waals surface area contributed by atoms with Gasteiger partial charge in [0.15, 0.2) is 0 Å². The van der Waals surface area contributed by atoms with Crippen molar-refractivity contribution in [1.82, 2.24) is 9.88 Å². The Kier molecular flexibility index (Phi) is 4.52. The quantitative estimate of drug-likeness (QED) is 0.860. The topological polar surface area (TPSA) is 54.8 Å². The standard InChI is InChI=1S/C13H20N2O3/c1-3-15-7-8-18-11(9-15)13(16)12-10(17-2)5-4-6-14-12/h4-6,11,13,16H,3,7-9H2,1-2H3. The number of nitrogens with zero attached hydrogens (tertiary/aromatic N) is 2. The summed E-state index contributed by atoms with van der Waals surface area (Å²) in [6, 6.07) is 3.58. The van der Waals surface area contributed by atoms with Crippen LogP contribution in [0.5, 0.6) is 5.75 Å². The fourth-order valence-electron chi connectivity index (χ4n) is 2.18. The smallest absolute Gasteiger partial charge is 0.143 e. The number of hydrogen-bond donors (Lipinski definition) is 1. The van der Waals surface area contributed by atoms with Crippen molar-refractivity contribution in [3.8, 4) is 5.75 Å². The van der Waals surface area contributed by atoms with Gasteiger partial charge in [0.25, 0.3) is 0 Å². The number of morpholine rings is 1. The second-order valence-corrected chi connectivity index (χ2v) is 4.34. The van der Waals surface area contributed by atoms with Crippen molar-refractivity contribution in [3.63, 3.8) is 0 Å². The lowest BCUT2D eigenvalue weighted by atomic mass is 10.1. The van der Waals surface area contributed by atoms with E-state index < -0.39 is 6.10 Å². The minimum atomic E-state index is -0.754. The molecule has 2 atom stereocenters. The summed E-state index contributed by atoms with van der Waals surface area (Å²) in [7, 11) is 1.58. The van der Waals surface area contributed by atoms with Gasteiger partial charge in [-0.25, -0.2) is 0 Å². The van der Waals surface area contributed by atoms with Crippen LogP contribution < -0.4 is 4.74 Å². The zero-order valence-corrected chi connectivity index (χ0v) is 10.9. The lowest BCUT2D eigenvalue weighted by Crippen LogP contribution is -2.45. The molecule has 100 valence electrons. The second-order valence-electron chi connectivity index (χ2n) is 4.34. The Morgan fingerprint density at radius 3 is 3.22 bits per heavy atom. The zero-order chi connectivity index (χ0) is 13.0. The van der Waals surface area contributed by atoms with Gasteiger partial charge in [0.2, 0.25) is 0 Å². The molecule has 5 heteroatoms. The largest absolute Gasteiger partial charge is 0.495 e. The maximum absolute atomic E-state index is 10.4. The molecule has 18 heavy (non-hydrogen) atoms. The molecule has 2 heterocycles. The molecule has 2 rings (SSSR count). The second kappa shape index (κ2) is 6.13. The predicted molar refractivity (Wildman–Crippen MR) is 67.6 cm³/mol. The van der Waals surface area contributed by atoms with Crippen LogP contribution in [0.2, 0.25) is 0 Å². The van der Waals surface area contributed by atoms with Crippen molar-refractivity contribution in [3.05, 3.63) is 24.0 Å². The summed E-state index contributed by atoms with van der Waals surface area (Å²) in [5.41, 5.74) is 0.544. The van der Waals surface area contributed by atoms with Gasteiger partial charge >= 0.3 is 0 Å². The first kappa shape index (κ1) is 13.3. The number of ether oxygens (including phenoxy) is 2. The van der Waals surface area contributed by atoms with E-state index >= 15 is 0 Å². The number of aliphatic hydroxyl groups is 1. The molecule has 0 radical (unpaired) electrons. The van der Waals surface area contributed by atoms with Crippen molar-refractivity contribution in [1.29, 1.82) is 0 Å². The molecule has 0 saturated carbocycles. The lowest BCUT2D eigenvalue weighted by Gasteiger charge is -2.34. The maximum atomic E-state index is 10.4. The number of hydrogen-bond acceptors (Lipinski definition) is 5. The molecule has 1 aliphatic rings. The third kappa shape index (κ3) is 2.80. The number of methoxy groups -OCH3 is 1. The molecular weight excluding hydrogens is 232 g/mol. The number of aromatic nitrogens is 1. The Bertz CT molecular complexity index is 386. The van der Waals surface area contributed by atoms with Crippen molar-refractivity contribution >= 4 is 0 Å². The van der Waals surface area contributed by atoms with Crippen molar-refractivity contribution in [2.45, 2.75) is 19.1 Å². The molecule has 0 bridgehead atoms. The van der Waals surface area contributed by atoms with Gasteiger partial charge in [-0.2, -0.15) is 0 Å². The van der Waals surface area contributed by atoms with E-state index in [1.165, 1.54) is 0 Å². The molecule has 0 spiro atoms. The molecule has 1 N–H and O–H groups in total. The van der Waals surface area contributed by atoms with E-state index in [-0.39, 0.29) is 6.10 Å². The molecule has 5 nitrogen and oxygen atoms in total. The van der Waals surface area contributed by atoms with Crippen LogP contribution in [0.15, 0.2) is 18.3 Å².